The summed E-state index contributed by atoms with van der Waals surface area (Å²) in [5.41, 5.74) is 0.355. The first kappa shape index (κ1) is 14.6. The van der Waals surface area contributed by atoms with Crippen LogP contribution in [0.4, 0.5) is 0 Å². The van der Waals surface area contributed by atoms with Crippen molar-refractivity contribution in [1.29, 1.82) is 0 Å². The number of aromatic carboxylic acids is 1. The molecule has 2 unspecified atom stereocenters. The summed E-state index contributed by atoms with van der Waals surface area (Å²) in [6, 6.07) is 6.63. The zero-order valence-corrected chi connectivity index (χ0v) is 12.0. The third-order valence-electron chi connectivity index (χ3n) is 4.16. The largest absolute Gasteiger partial charge is 0.478 e. The summed E-state index contributed by atoms with van der Waals surface area (Å²) in [5, 5.41) is 9.18. The van der Waals surface area contributed by atoms with E-state index in [0.717, 1.165) is 19.3 Å². The number of carbonyl (C=O) groups excluding carboxylic acids is 1. The van der Waals surface area contributed by atoms with Crippen LogP contribution in [0.5, 0.6) is 0 Å². The van der Waals surface area contributed by atoms with Gasteiger partial charge in [-0.05, 0) is 30.9 Å². The number of rotatable bonds is 3. The molecule has 0 radical (unpaired) electrons. The second kappa shape index (κ2) is 6.07. The van der Waals surface area contributed by atoms with Crippen LogP contribution in [-0.2, 0) is 0 Å². The summed E-state index contributed by atoms with van der Waals surface area (Å²) in [4.78, 5) is 25.5. The van der Waals surface area contributed by atoms with Crippen molar-refractivity contribution in [3.8, 4) is 0 Å². The van der Waals surface area contributed by atoms with Gasteiger partial charge >= 0.3 is 5.97 Å². The lowest BCUT2D eigenvalue weighted by Gasteiger charge is -2.34. The molecule has 20 heavy (non-hydrogen) atoms. The Balaban J connectivity index is 2.20. The van der Waals surface area contributed by atoms with Crippen molar-refractivity contribution in [2.45, 2.75) is 38.6 Å². The van der Waals surface area contributed by atoms with Crippen LogP contribution in [0.1, 0.15) is 53.3 Å². The van der Waals surface area contributed by atoms with Crippen LogP contribution in [0.15, 0.2) is 24.3 Å². The first-order valence-electron chi connectivity index (χ1n) is 7.10. The molecule has 1 aromatic carbocycles. The second-order valence-corrected chi connectivity index (χ2v) is 5.69. The van der Waals surface area contributed by atoms with Gasteiger partial charge in [0.05, 0.1) is 11.1 Å². The van der Waals surface area contributed by atoms with Gasteiger partial charge in [-0.2, -0.15) is 0 Å². The van der Waals surface area contributed by atoms with E-state index in [2.05, 4.69) is 6.92 Å². The zero-order chi connectivity index (χ0) is 14.7. The topological polar surface area (TPSA) is 57.6 Å². The normalized spacial score (nSPS) is 22.3. The third-order valence-corrected chi connectivity index (χ3v) is 4.16. The lowest BCUT2D eigenvalue weighted by molar-refractivity contribution is 0.0640. The van der Waals surface area contributed by atoms with E-state index in [9.17, 15) is 14.7 Å². The Morgan fingerprint density at radius 1 is 1.20 bits per heavy atom. The molecule has 1 saturated carbocycles. The minimum atomic E-state index is -1.06. The highest BCUT2D eigenvalue weighted by Gasteiger charge is 2.27. The average Bonchev–Trinajstić information content (AvgIpc) is 2.45. The first-order valence-corrected chi connectivity index (χ1v) is 7.10. The monoisotopic (exact) mass is 275 g/mol. The zero-order valence-electron chi connectivity index (χ0n) is 12.0. The summed E-state index contributed by atoms with van der Waals surface area (Å²) in [5.74, 6) is -0.625. The van der Waals surface area contributed by atoms with Gasteiger partial charge in [0.15, 0.2) is 0 Å². The maximum absolute atomic E-state index is 12.5. The lowest BCUT2D eigenvalue weighted by atomic mass is 9.86. The Hall–Kier alpha value is -1.84. The van der Waals surface area contributed by atoms with Crippen molar-refractivity contribution < 1.29 is 14.7 Å². The van der Waals surface area contributed by atoms with Crippen LogP contribution in [0.3, 0.4) is 0 Å². The van der Waals surface area contributed by atoms with Crippen LogP contribution in [0, 0.1) is 5.92 Å². The van der Waals surface area contributed by atoms with Gasteiger partial charge in [0.1, 0.15) is 0 Å². The van der Waals surface area contributed by atoms with Gasteiger partial charge in [0.2, 0.25) is 0 Å². The molecule has 4 heteroatoms. The molecule has 0 heterocycles. The number of hydrogen-bond acceptors (Lipinski definition) is 2. The molecule has 1 aliphatic rings. The van der Waals surface area contributed by atoms with Crippen LogP contribution < -0.4 is 0 Å². The number of nitrogens with zero attached hydrogens (tertiary/aromatic N) is 1. The minimum Gasteiger partial charge on any atom is -0.478 e. The maximum atomic E-state index is 12.5. The van der Waals surface area contributed by atoms with E-state index in [0.29, 0.717) is 5.92 Å². The quantitative estimate of drug-likeness (QED) is 0.922. The Kier molecular flexibility index (Phi) is 4.42. The summed E-state index contributed by atoms with van der Waals surface area (Å²) in [6.45, 7) is 2.20. The molecule has 1 fully saturated rings. The van der Waals surface area contributed by atoms with Crippen LogP contribution in [0.2, 0.25) is 0 Å². The molecule has 2 atom stereocenters. The molecule has 0 saturated heterocycles. The Bertz CT molecular complexity index is 512. The van der Waals surface area contributed by atoms with Gasteiger partial charge in [0, 0.05) is 13.1 Å². The number of benzene rings is 1. The average molecular weight is 275 g/mol. The second-order valence-electron chi connectivity index (χ2n) is 5.69. The van der Waals surface area contributed by atoms with E-state index in [4.69, 9.17) is 0 Å². The van der Waals surface area contributed by atoms with Crippen molar-refractivity contribution in [2.24, 2.45) is 5.92 Å². The SMILES string of the molecule is CC1CCCC(N(C)C(=O)c2ccccc2C(=O)O)C1. The molecule has 2 rings (SSSR count). The van der Waals surface area contributed by atoms with Gasteiger partial charge in [-0.15, -0.1) is 0 Å². The smallest absolute Gasteiger partial charge is 0.336 e. The Labute approximate surface area is 119 Å². The highest BCUT2D eigenvalue weighted by Crippen LogP contribution is 2.27. The molecule has 1 amide bonds. The predicted octanol–water partition coefficient (Wildman–Crippen LogP) is 3.04. The van der Waals surface area contributed by atoms with Crippen LogP contribution in [0.25, 0.3) is 0 Å². The van der Waals surface area contributed by atoms with Crippen LogP contribution >= 0.6 is 0 Å². The van der Waals surface area contributed by atoms with Gasteiger partial charge < -0.3 is 10.0 Å². The standard InChI is InChI=1S/C16H21NO3/c1-11-6-5-7-12(10-11)17(2)15(18)13-8-3-4-9-14(13)16(19)20/h3-4,8-9,11-12H,5-7,10H2,1-2H3,(H,19,20). The fraction of sp³-hybridized carbons (Fsp3) is 0.500. The Morgan fingerprint density at radius 2 is 1.85 bits per heavy atom. The van der Waals surface area contributed by atoms with Gasteiger partial charge in [-0.3, -0.25) is 4.79 Å². The van der Waals surface area contributed by atoms with Gasteiger partial charge in [-0.1, -0.05) is 31.9 Å². The van der Waals surface area contributed by atoms with Crippen molar-refractivity contribution >= 4 is 11.9 Å². The van der Waals surface area contributed by atoms with Crippen molar-refractivity contribution in [2.75, 3.05) is 7.05 Å². The fourth-order valence-electron chi connectivity index (χ4n) is 2.97. The predicted molar refractivity (Wildman–Crippen MR) is 76.9 cm³/mol. The number of hydrogen-bond donors (Lipinski definition) is 1. The van der Waals surface area contributed by atoms with Crippen molar-refractivity contribution in [3.63, 3.8) is 0 Å². The van der Waals surface area contributed by atoms with E-state index in [-0.39, 0.29) is 23.1 Å². The molecule has 4 nitrogen and oxygen atoms in total. The highest BCUT2D eigenvalue weighted by atomic mass is 16.4. The highest BCUT2D eigenvalue weighted by molar-refractivity contribution is 6.04. The molecule has 1 N–H and O–H groups in total. The maximum Gasteiger partial charge on any atom is 0.336 e. The Morgan fingerprint density at radius 3 is 2.45 bits per heavy atom. The number of carboxylic acids is 1. The number of carboxylic acid groups (broad SMARTS) is 1. The summed E-state index contributed by atoms with van der Waals surface area (Å²) in [7, 11) is 1.78. The third kappa shape index (κ3) is 3.00. The van der Waals surface area contributed by atoms with Gasteiger partial charge in [0.25, 0.3) is 5.91 Å². The fourth-order valence-corrected chi connectivity index (χ4v) is 2.97. The molecule has 0 bridgehead atoms. The summed E-state index contributed by atoms with van der Waals surface area (Å²) >= 11 is 0. The van der Waals surface area contributed by atoms with E-state index < -0.39 is 5.97 Å². The lowest BCUT2D eigenvalue weighted by Crippen LogP contribution is -2.40. The number of carbonyl (C=O) groups is 2. The molecule has 0 aliphatic heterocycles. The molecule has 0 spiro atoms. The first-order chi connectivity index (χ1) is 9.50. The minimum absolute atomic E-state index is 0.0770. The van der Waals surface area contributed by atoms with Crippen molar-refractivity contribution in [3.05, 3.63) is 35.4 Å². The molecule has 1 aromatic rings. The summed E-state index contributed by atoms with van der Waals surface area (Å²) in [6.07, 6.45) is 4.34. The van der Waals surface area contributed by atoms with Gasteiger partial charge in [-0.25, -0.2) is 4.79 Å². The molecule has 1 aliphatic carbocycles. The van der Waals surface area contributed by atoms with E-state index in [1.165, 1.54) is 12.5 Å². The van der Waals surface area contributed by atoms with E-state index >= 15 is 0 Å². The van der Waals surface area contributed by atoms with E-state index in [1.54, 1.807) is 30.1 Å². The van der Waals surface area contributed by atoms with E-state index in [1.807, 2.05) is 0 Å². The van der Waals surface area contributed by atoms with Crippen LogP contribution in [-0.4, -0.2) is 35.0 Å². The number of amides is 1. The molecule has 0 aromatic heterocycles. The molecular formula is C16H21NO3. The molecule has 108 valence electrons. The molecular weight excluding hydrogens is 254 g/mol. The summed E-state index contributed by atoms with van der Waals surface area (Å²) < 4.78 is 0. The van der Waals surface area contributed by atoms with Crippen molar-refractivity contribution in [1.82, 2.24) is 4.90 Å².